The van der Waals surface area contributed by atoms with Crippen molar-refractivity contribution in [3.8, 4) is 0 Å². The van der Waals surface area contributed by atoms with Gasteiger partial charge in [-0.25, -0.2) is 9.78 Å². The van der Waals surface area contributed by atoms with E-state index < -0.39 is 0 Å². The Balaban J connectivity index is 2.59. The van der Waals surface area contributed by atoms with E-state index in [0.29, 0.717) is 5.69 Å². The number of hydrogen-bond donors (Lipinski definition) is 0. The summed E-state index contributed by atoms with van der Waals surface area (Å²) in [6.45, 7) is 3.83. The SMILES string of the molecule is CCC(C)OC(=O)c1ccccn1. The van der Waals surface area contributed by atoms with Gasteiger partial charge in [-0.3, -0.25) is 0 Å². The number of rotatable bonds is 3. The van der Waals surface area contributed by atoms with Gasteiger partial charge in [0.15, 0.2) is 0 Å². The fourth-order valence-electron chi connectivity index (χ4n) is 0.810. The molecule has 0 amide bonds. The van der Waals surface area contributed by atoms with Crippen LogP contribution in [0.3, 0.4) is 0 Å². The van der Waals surface area contributed by atoms with Gasteiger partial charge in [0, 0.05) is 6.20 Å². The van der Waals surface area contributed by atoms with Gasteiger partial charge in [0.1, 0.15) is 5.69 Å². The highest BCUT2D eigenvalue weighted by Crippen LogP contribution is 2.02. The summed E-state index contributed by atoms with van der Waals surface area (Å²) in [5.41, 5.74) is 0.364. The Morgan fingerprint density at radius 3 is 2.92 bits per heavy atom. The molecule has 13 heavy (non-hydrogen) atoms. The first-order chi connectivity index (χ1) is 6.24. The van der Waals surface area contributed by atoms with Crippen molar-refractivity contribution >= 4 is 5.97 Å². The molecular formula is C10H13NO2. The molecule has 1 heterocycles. The van der Waals surface area contributed by atoms with Crippen molar-refractivity contribution in [3.63, 3.8) is 0 Å². The Labute approximate surface area is 77.8 Å². The van der Waals surface area contributed by atoms with Crippen molar-refractivity contribution in [2.45, 2.75) is 26.4 Å². The molecule has 1 rings (SSSR count). The third-order valence-electron chi connectivity index (χ3n) is 1.76. The summed E-state index contributed by atoms with van der Waals surface area (Å²) in [5, 5.41) is 0. The number of hydrogen-bond acceptors (Lipinski definition) is 3. The average molecular weight is 179 g/mol. The number of pyridine rings is 1. The molecule has 70 valence electrons. The van der Waals surface area contributed by atoms with Crippen molar-refractivity contribution in [3.05, 3.63) is 30.1 Å². The predicted octanol–water partition coefficient (Wildman–Crippen LogP) is 2.04. The first kappa shape index (κ1) is 9.71. The molecule has 0 saturated heterocycles. The summed E-state index contributed by atoms with van der Waals surface area (Å²) >= 11 is 0. The zero-order chi connectivity index (χ0) is 9.68. The lowest BCUT2D eigenvalue weighted by Gasteiger charge is -2.09. The van der Waals surface area contributed by atoms with Gasteiger partial charge in [0.05, 0.1) is 6.10 Å². The van der Waals surface area contributed by atoms with Crippen LogP contribution in [0.2, 0.25) is 0 Å². The van der Waals surface area contributed by atoms with Gasteiger partial charge in [0.25, 0.3) is 0 Å². The van der Waals surface area contributed by atoms with Crippen LogP contribution in [0.15, 0.2) is 24.4 Å². The molecule has 0 aliphatic heterocycles. The van der Waals surface area contributed by atoms with Crippen molar-refractivity contribution in [2.75, 3.05) is 0 Å². The summed E-state index contributed by atoms with van der Waals surface area (Å²) < 4.78 is 5.08. The Morgan fingerprint density at radius 1 is 1.62 bits per heavy atom. The van der Waals surface area contributed by atoms with Crippen molar-refractivity contribution in [1.29, 1.82) is 0 Å². The van der Waals surface area contributed by atoms with Gasteiger partial charge in [-0.2, -0.15) is 0 Å². The monoisotopic (exact) mass is 179 g/mol. The molecule has 0 spiro atoms. The summed E-state index contributed by atoms with van der Waals surface area (Å²) in [7, 11) is 0. The number of esters is 1. The Morgan fingerprint density at radius 2 is 2.38 bits per heavy atom. The van der Waals surface area contributed by atoms with E-state index in [0.717, 1.165) is 6.42 Å². The largest absolute Gasteiger partial charge is 0.458 e. The maximum absolute atomic E-state index is 11.3. The molecule has 0 N–H and O–H groups in total. The van der Waals surface area contributed by atoms with Crippen LogP contribution in [0.1, 0.15) is 30.8 Å². The summed E-state index contributed by atoms with van der Waals surface area (Å²) in [4.78, 5) is 15.2. The van der Waals surface area contributed by atoms with E-state index >= 15 is 0 Å². The third-order valence-corrected chi connectivity index (χ3v) is 1.76. The average Bonchev–Trinajstić information content (AvgIpc) is 2.19. The Kier molecular flexibility index (Phi) is 3.43. The lowest BCUT2D eigenvalue weighted by molar-refractivity contribution is 0.0327. The van der Waals surface area contributed by atoms with Gasteiger partial charge < -0.3 is 4.74 Å². The smallest absolute Gasteiger partial charge is 0.357 e. The topological polar surface area (TPSA) is 39.2 Å². The van der Waals surface area contributed by atoms with Crippen LogP contribution in [0, 0.1) is 0 Å². The molecule has 1 unspecified atom stereocenters. The third kappa shape index (κ3) is 2.86. The van der Waals surface area contributed by atoms with E-state index in [4.69, 9.17) is 4.74 Å². The van der Waals surface area contributed by atoms with E-state index in [9.17, 15) is 4.79 Å². The molecule has 0 fully saturated rings. The standard InChI is InChI=1S/C10H13NO2/c1-3-8(2)13-10(12)9-6-4-5-7-11-9/h4-8H,3H2,1-2H3. The summed E-state index contributed by atoms with van der Waals surface area (Å²) in [5.74, 6) is -0.352. The first-order valence-corrected chi connectivity index (χ1v) is 4.36. The summed E-state index contributed by atoms with van der Waals surface area (Å²) in [6.07, 6.45) is 2.35. The van der Waals surface area contributed by atoms with E-state index in [1.54, 1.807) is 24.4 Å². The van der Waals surface area contributed by atoms with Crippen molar-refractivity contribution in [1.82, 2.24) is 4.98 Å². The van der Waals surface area contributed by atoms with Gasteiger partial charge in [-0.15, -0.1) is 0 Å². The molecule has 1 aromatic rings. The maximum Gasteiger partial charge on any atom is 0.357 e. The van der Waals surface area contributed by atoms with Crippen LogP contribution in [0.4, 0.5) is 0 Å². The molecule has 3 nitrogen and oxygen atoms in total. The molecule has 0 radical (unpaired) electrons. The van der Waals surface area contributed by atoms with E-state index in [-0.39, 0.29) is 12.1 Å². The van der Waals surface area contributed by atoms with Crippen molar-refractivity contribution in [2.24, 2.45) is 0 Å². The van der Waals surface area contributed by atoms with Crippen LogP contribution in [0.5, 0.6) is 0 Å². The minimum absolute atomic E-state index is 0.0468. The van der Waals surface area contributed by atoms with Crippen LogP contribution in [-0.4, -0.2) is 17.1 Å². The van der Waals surface area contributed by atoms with Gasteiger partial charge >= 0.3 is 5.97 Å². The first-order valence-electron chi connectivity index (χ1n) is 4.36. The lowest BCUT2D eigenvalue weighted by Crippen LogP contribution is -2.14. The molecular weight excluding hydrogens is 166 g/mol. The lowest BCUT2D eigenvalue weighted by atomic mass is 10.3. The minimum atomic E-state index is -0.352. The molecule has 0 aliphatic carbocycles. The normalized spacial score (nSPS) is 12.2. The fourth-order valence-corrected chi connectivity index (χ4v) is 0.810. The molecule has 0 saturated carbocycles. The number of ether oxygens (including phenoxy) is 1. The number of aromatic nitrogens is 1. The second kappa shape index (κ2) is 4.60. The second-order valence-corrected chi connectivity index (χ2v) is 2.84. The Hall–Kier alpha value is -1.38. The minimum Gasteiger partial charge on any atom is -0.458 e. The van der Waals surface area contributed by atoms with E-state index in [1.807, 2.05) is 13.8 Å². The number of carbonyl (C=O) groups excluding carboxylic acids is 1. The van der Waals surface area contributed by atoms with Gasteiger partial charge in [-0.1, -0.05) is 13.0 Å². The van der Waals surface area contributed by atoms with E-state index in [1.165, 1.54) is 0 Å². The zero-order valence-corrected chi connectivity index (χ0v) is 7.86. The van der Waals surface area contributed by atoms with E-state index in [2.05, 4.69) is 4.98 Å². The number of nitrogens with zero attached hydrogens (tertiary/aromatic N) is 1. The zero-order valence-electron chi connectivity index (χ0n) is 7.86. The molecule has 1 aromatic heterocycles. The fraction of sp³-hybridized carbons (Fsp3) is 0.400. The highest BCUT2D eigenvalue weighted by atomic mass is 16.5. The van der Waals surface area contributed by atoms with Crippen LogP contribution < -0.4 is 0 Å². The van der Waals surface area contributed by atoms with Crippen LogP contribution in [-0.2, 0) is 4.74 Å². The molecule has 0 aliphatic rings. The second-order valence-electron chi connectivity index (χ2n) is 2.84. The van der Waals surface area contributed by atoms with Gasteiger partial charge in [0.2, 0.25) is 0 Å². The van der Waals surface area contributed by atoms with Crippen LogP contribution in [0.25, 0.3) is 0 Å². The summed E-state index contributed by atoms with van der Waals surface area (Å²) in [6, 6.07) is 5.17. The number of carbonyl (C=O) groups is 1. The van der Waals surface area contributed by atoms with Crippen molar-refractivity contribution < 1.29 is 9.53 Å². The highest BCUT2D eigenvalue weighted by Gasteiger charge is 2.10. The van der Waals surface area contributed by atoms with Gasteiger partial charge in [-0.05, 0) is 25.5 Å². The molecule has 0 bridgehead atoms. The predicted molar refractivity (Wildman–Crippen MR) is 49.4 cm³/mol. The Bertz CT molecular complexity index is 272. The molecule has 0 aromatic carbocycles. The highest BCUT2D eigenvalue weighted by molar-refractivity contribution is 5.87. The maximum atomic E-state index is 11.3. The quantitative estimate of drug-likeness (QED) is 0.666. The van der Waals surface area contributed by atoms with Crippen LogP contribution >= 0.6 is 0 Å². The molecule has 3 heteroatoms. The molecule has 1 atom stereocenters.